The molecule has 2 atom stereocenters. The van der Waals surface area contributed by atoms with E-state index in [4.69, 9.17) is 4.98 Å². The second kappa shape index (κ2) is 6.18. The Labute approximate surface area is 127 Å². The predicted octanol–water partition coefficient (Wildman–Crippen LogP) is 2.43. The van der Waals surface area contributed by atoms with Crippen LogP contribution in [0.2, 0.25) is 0 Å². The number of hydrogen-bond donors (Lipinski definition) is 2. The Bertz CT molecular complexity index is 502. The fraction of sp³-hybridized carbons (Fsp3) is 0.750. The van der Waals surface area contributed by atoms with Gasteiger partial charge in [-0.05, 0) is 39.7 Å². The molecule has 2 unspecified atom stereocenters. The van der Waals surface area contributed by atoms with Crippen LogP contribution in [0.3, 0.4) is 0 Å². The van der Waals surface area contributed by atoms with Gasteiger partial charge < -0.3 is 10.6 Å². The van der Waals surface area contributed by atoms with Crippen molar-refractivity contribution in [3.05, 3.63) is 11.4 Å². The summed E-state index contributed by atoms with van der Waals surface area (Å²) in [7, 11) is 0. The molecule has 0 bridgehead atoms. The number of nitrogens with zero attached hydrogens (tertiary/aromatic N) is 3. The van der Waals surface area contributed by atoms with Gasteiger partial charge in [-0.25, -0.2) is 9.97 Å². The van der Waals surface area contributed by atoms with Crippen molar-refractivity contribution in [3.8, 4) is 0 Å². The Morgan fingerprint density at radius 1 is 1.14 bits per heavy atom. The van der Waals surface area contributed by atoms with Crippen molar-refractivity contribution in [2.24, 2.45) is 0 Å². The average Bonchev–Trinajstić information content (AvgIpc) is 3.08. The van der Waals surface area contributed by atoms with Gasteiger partial charge in [-0.15, -0.1) is 0 Å². The highest BCUT2D eigenvalue weighted by molar-refractivity contribution is 5.57. The lowest BCUT2D eigenvalue weighted by atomic mass is 10.1. The number of aromatic nitrogens is 2. The zero-order chi connectivity index (χ0) is 14.8. The zero-order valence-corrected chi connectivity index (χ0v) is 13.4. The van der Waals surface area contributed by atoms with Crippen molar-refractivity contribution < 1.29 is 0 Å². The molecule has 0 saturated carbocycles. The summed E-state index contributed by atoms with van der Waals surface area (Å²) in [5, 5.41) is 7.08. The molecule has 0 aromatic carbocycles. The van der Waals surface area contributed by atoms with Gasteiger partial charge in [-0.3, -0.25) is 4.90 Å². The minimum Gasteiger partial charge on any atom is -0.370 e. The van der Waals surface area contributed by atoms with Crippen molar-refractivity contribution >= 4 is 11.6 Å². The number of anilines is 2. The number of fused-ring (bicyclic) bond motifs is 1. The summed E-state index contributed by atoms with van der Waals surface area (Å²) in [6.45, 7) is 9.72. The molecule has 116 valence electrons. The fourth-order valence-electron chi connectivity index (χ4n) is 3.63. The third-order valence-corrected chi connectivity index (χ3v) is 4.78. The fourth-order valence-corrected chi connectivity index (χ4v) is 3.63. The normalized spacial score (nSPS) is 25.1. The van der Waals surface area contributed by atoms with Crippen LogP contribution in [-0.2, 0) is 6.42 Å². The van der Waals surface area contributed by atoms with Crippen LogP contribution in [0.15, 0.2) is 0 Å². The quantitative estimate of drug-likeness (QED) is 0.872. The lowest BCUT2D eigenvalue weighted by molar-refractivity contribution is 0.318. The van der Waals surface area contributed by atoms with Gasteiger partial charge >= 0.3 is 0 Å². The molecule has 3 rings (SSSR count). The largest absolute Gasteiger partial charge is 0.370 e. The van der Waals surface area contributed by atoms with Crippen molar-refractivity contribution in [3.63, 3.8) is 0 Å². The third kappa shape index (κ3) is 2.84. The van der Waals surface area contributed by atoms with Crippen LogP contribution in [0.4, 0.5) is 11.6 Å². The molecule has 21 heavy (non-hydrogen) atoms. The van der Waals surface area contributed by atoms with Crippen LogP contribution >= 0.6 is 0 Å². The molecule has 2 aliphatic heterocycles. The Balaban J connectivity index is 1.82. The first kappa shape index (κ1) is 14.6. The topological polar surface area (TPSA) is 53.1 Å². The van der Waals surface area contributed by atoms with Crippen LogP contribution in [0.1, 0.15) is 44.5 Å². The SMILES string of the molecule is CCNc1nc(CC)nc(NC2CCN3CCCC23)c1C. The van der Waals surface area contributed by atoms with E-state index in [1.165, 1.54) is 32.4 Å². The average molecular weight is 289 g/mol. The van der Waals surface area contributed by atoms with Crippen molar-refractivity contribution in [1.29, 1.82) is 0 Å². The molecule has 5 nitrogen and oxygen atoms in total. The molecule has 2 N–H and O–H groups in total. The van der Waals surface area contributed by atoms with Crippen LogP contribution in [0, 0.1) is 6.92 Å². The molecule has 3 heterocycles. The maximum absolute atomic E-state index is 4.73. The molecule has 2 aliphatic rings. The van der Waals surface area contributed by atoms with E-state index in [0.29, 0.717) is 12.1 Å². The Hall–Kier alpha value is -1.36. The number of aryl methyl sites for hydroxylation is 1. The van der Waals surface area contributed by atoms with Gasteiger partial charge in [0.25, 0.3) is 0 Å². The van der Waals surface area contributed by atoms with E-state index in [9.17, 15) is 0 Å². The molecule has 0 spiro atoms. The maximum Gasteiger partial charge on any atom is 0.135 e. The van der Waals surface area contributed by atoms with Crippen molar-refractivity contribution in [2.75, 3.05) is 30.3 Å². The van der Waals surface area contributed by atoms with Crippen LogP contribution in [0.25, 0.3) is 0 Å². The number of rotatable bonds is 5. The van der Waals surface area contributed by atoms with Crippen LogP contribution in [0.5, 0.6) is 0 Å². The minimum absolute atomic E-state index is 0.542. The van der Waals surface area contributed by atoms with Crippen molar-refractivity contribution in [2.45, 2.75) is 58.5 Å². The van der Waals surface area contributed by atoms with Crippen LogP contribution < -0.4 is 10.6 Å². The molecule has 0 radical (unpaired) electrons. The summed E-state index contributed by atoms with van der Waals surface area (Å²) < 4.78 is 0. The van der Waals surface area contributed by atoms with E-state index in [0.717, 1.165) is 36.0 Å². The summed E-state index contributed by atoms with van der Waals surface area (Å²) in [5.74, 6) is 2.92. The molecule has 5 heteroatoms. The Morgan fingerprint density at radius 2 is 1.95 bits per heavy atom. The van der Waals surface area contributed by atoms with E-state index in [1.807, 2.05) is 0 Å². The highest BCUT2D eigenvalue weighted by atomic mass is 15.2. The summed E-state index contributed by atoms with van der Waals surface area (Å²) in [5.41, 5.74) is 1.14. The molecular weight excluding hydrogens is 262 g/mol. The van der Waals surface area contributed by atoms with E-state index >= 15 is 0 Å². The molecule has 1 aromatic rings. The van der Waals surface area contributed by atoms with Gasteiger partial charge in [0.1, 0.15) is 17.5 Å². The third-order valence-electron chi connectivity index (χ3n) is 4.78. The van der Waals surface area contributed by atoms with E-state index in [2.05, 4.69) is 41.3 Å². The zero-order valence-electron chi connectivity index (χ0n) is 13.4. The van der Waals surface area contributed by atoms with Gasteiger partial charge in [0.15, 0.2) is 0 Å². The monoisotopic (exact) mass is 289 g/mol. The van der Waals surface area contributed by atoms with E-state index in [-0.39, 0.29) is 0 Å². The van der Waals surface area contributed by atoms with Gasteiger partial charge in [0, 0.05) is 37.2 Å². The highest BCUT2D eigenvalue weighted by Crippen LogP contribution is 2.31. The Morgan fingerprint density at radius 3 is 2.71 bits per heavy atom. The standard InChI is InChI=1S/C16H27N5/c1-4-14-19-15(17-5-2)11(3)16(20-14)18-12-8-10-21-9-6-7-13(12)21/h12-13H,4-10H2,1-3H3,(H2,17,18,19,20). The second-order valence-electron chi connectivity index (χ2n) is 6.13. The van der Waals surface area contributed by atoms with Crippen LogP contribution in [-0.4, -0.2) is 46.6 Å². The van der Waals surface area contributed by atoms with Gasteiger partial charge in [0.05, 0.1) is 0 Å². The number of hydrogen-bond acceptors (Lipinski definition) is 5. The molecule has 0 amide bonds. The predicted molar refractivity (Wildman–Crippen MR) is 86.9 cm³/mol. The first-order chi connectivity index (χ1) is 10.2. The Kier molecular flexibility index (Phi) is 4.29. The second-order valence-corrected chi connectivity index (χ2v) is 6.13. The van der Waals surface area contributed by atoms with Gasteiger partial charge in [-0.1, -0.05) is 6.92 Å². The minimum atomic E-state index is 0.542. The maximum atomic E-state index is 4.73. The highest BCUT2D eigenvalue weighted by Gasteiger charge is 2.37. The lowest BCUT2D eigenvalue weighted by Gasteiger charge is -2.23. The summed E-state index contributed by atoms with van der Waals surface area (Å²) in [4.78, 5) is 12.0. The van der Waals surface area contributed by atoms with E-state index in [1.54, 1.807) is 0 Å². The molecule has 2 saturated heterocycles. The van der Waals surface area contributed by atoms with Gasteiger partial charge in [0.2, 0.25) is 0 Å². The summed E-state index contributed by atoms with van der Waals surface area (Å²) in [6.07, 6.45) is 4.76. The van der Waals surface area contributed by atoms with Crippen molar-refractivity contribution in [1.82, 2.24) is 14.9 Å². The molecular formula is C16H27N5. The smallest absolute Gasteiger partial charge is 0.135 e. The molecule has 0 aliphatic carbocycles. The summed E-state index contributed by atoms with van der Waals surface area (Å²) in [6, 6.07) is 1.24. The first-order valence-electron chi connectivity index (χ1n) is 8.34. The lowest BCUT2D eigenvalue weighted by Crippen LogP contribution is -2.34. The molecule has 2 fully saturated rings. The van der Waals surface area contributed by atoms with E-state index < -0.39 is 0 Å². The summed E-state index contributed by atoms with van der Waals surface area (Å²) >= 11 is 0. The number of nitrogens with one attached hydrogen (secondary N) is 2. The molecule has 1 aromatic heterocycles. The first-order valence-corrected chi connectivity index (χ1v) is 8.34. The van der Waals surface area contributed by atoms with Gasteiger partial charge in [-0.2, -0.15) is 0 Å².